The first-order valence-electron chi connectivity index (χ1n) is 4.13. The van der Waals surface area contributed by atoms with Gasteiger partial charge in [0.05, 0.1) is 8.07 Å². The summed E-state index contributed by atoms with van der Waals surface area (Å²) in [6, 6.07) is 0. The molecule has 0 aliphatic carbocycles. The maximum atomic E-state index is 2.42. The molecule has 0 aromatic rings. The van der Waals surface area contributed by atoms with Crippen molar-refractivity contribution in [3.05, 3.63) is 11.6 Å². The van der Waals surface area contributed by atoms with Crippen molar-refractivity contribution in [3.63, 3.8) is 0 Å². The average Bonchev–Trinajstić information content (AvgIpc) is 1.78. The molecule has 0 unspecified atom stereocenters. The lowest BCUT2D eigenvalue weighted by Crippen LogP contribution is -2.23. The summed E-state index contributed by atoms with van der Waals surface area (Å²) in [6.45, 7) is 11.6. The molecule has 0 spiro atoms. The second-order valence-corrected chi connectivity index (χ2v) is 11.4. The van der Waals surface area contributed by atoms with Crippen LogP contribution in [0.4, 0.5) is 0 Å². The highest BCUT2D eigenvalue weighted by Gasteiger charge is 2.11. The fraction of sp³-hybridized carbons (Fsp3) is 0.778. The van der Waals surface area contributed by atoms with Gasteiger partial charge in [0.2, 0.25) is 0 Å². The van der Waals surface area contributed by atoms with E-state index in [1.54, 1.807) is 0 Å². The minimum atomic E-state index is -0.796. The Morgan fingerprint density at radius 1 is 1.27 bits per heavy atom. The molecular formula is C9H20SSi. The Morgan fingerprint density at radius 3 is 2.18 bits per heavy atom. The zero-order chi connectivity index (χ0) is 8.91. The van der Waals surface area contributed by atoms with Gasteiger partial charge in [0.25, 0.3) is 0 Å². The number of hydrogen-bond donors (Lipinski definition) is 0. The minimum Gasteiger partial charge on any atom is -0.161 e. The summed E-state index contributed by atoms with van der Waals surface area (Å²) < 4.78 is 0. The molecule has 0 N–H and O–H groups in total. The maximum Gasteiger partial charge on any atom is 0.0548 e. The van der Waals surface area contributed by atoms with Gasteiger partial charge in [-0.1, -0.05) is 31.3 Å². The first-order valence-corrected chi connectivity index (χ1v) is 8.99. The molecule has 0 rings (SSSR count). The molecular weight excluding hydrogens is 168 g/mol. The lowest BCUT2D eigenvalue weighted by Gasteiger charge is -2.13. The van der Waals surface area contributed by atoms with E-state index >= 15 is 0 Å². The Bertz CT molecular complexity index is 129. The predicted molar refractivity (Wildman–Crippen MR) is 60.1 cm³/mol. The third-order valence-corrected chi connectivity index (χ3v) is 5.83. The molecule has 0 nitrogen and oxygen atoms in total. The fourth-order valence-corrected chi connectivity index (χ4v) is 3.96. The van der Waals surface area contributed by atoms with Crippen LogP contribution in [0.2, 0.25) is 19.6 Å². The van der Waals surface area contributed by atoms with E-state index in [1.807, 2.05) is 0 Å². The summed E-state index contributed by atoms with van der Waals surface area (Å²) in [7, 11) is -0.796. The van der Waals surface area contributed by atoms with Gasteiger partial charge in [0.15, 0.2) is 0 Å². The Hall–Kier alpha value is 0.307. The number of thioether (sulfide) groups is 1. The Kier molecular flexibility index (Phi) is 5.18. The molecule has 0 saturated carbocycles. The molecule has 0 saturated heterocycles. The van der Waals surface area contributed by atoms with Gasteiger partial charge >= 0.3 is 0 Å². The van der Waals surface area contributed by atoms with Gasteiger partial charge < -0.3 is 0 Å². The van der Waals surface area contributed by atoms with Crippen molar-refractivity contribution < 1.29 is 0 Å². The first-order chi connectivity index (χ1) is 4.92. The van der Waals surface area contributed by atoms with Gasteiger partial charge in [0, 0.05) is 5.75 Å². The highest BCUT2D eigenvalue weighted by molar-refractivity contribution is 8.01. The van der Waals surface area contributed by atoms with E-state index in [2.05, 4.69) is 51.3 Å². The Balaban J connectivity index is 3.36. The van der Waals surface area contributed by atoms with E-state index in [4.69, 9.17) is 0 Å². The summed E-state index contributed by atoms with van der Waals surface area (Å²) in [5, 5.41) is 1.39. The zero-order valence-electron chi connectivity index (χ0n) is 8.40. The SMILES string of the molecule is CC(C)=CCSC[Si](C)(C)C. The van der Waals surface area contributed by atoms with Crippen molar-refractivity contribution in [1.82, 2.24) is 0 Å². The second-order valence-electron chi connectivity index (χ2n) is 4.36. The summed E-state index contributed by atoms with van der Waals surface area (Å²) in [5.41, 5.74) is 1.44. The molecule has 0 aromatic heterocycles. The van der Waals surface area contributed by atoms with Gasteiger partial charge in [-0.15, -0.1) is 0 Å². The van der Waals surface area contributed by atoms with E-state index in [0.29, 0.717) is 0 Å². The van der Waals surface area contributed by atoms with Crippen molar-refractivity contribution in [2.24, 2.45) is 0 Å². The molecule has 0 radical (unpaired) electrons. The number of rotatable bonds is 4. The molecule has 0 amide bonds. The topological polar surface area (TPSA) is 0 Å². The van der Waals surface area contributed by atoms with Crippen molar-refractivity contribution in [1.29, 1.82) is 0 Å². The third-order valence-electron chi connectivity index (χ3n) is 1.14. The van der Waals surface area contributed by atoms with Crippen LogP contribution in [0, 0.1) is 0 Å². The van der Waals surface area contributed by atoms with Crippen molar-refractivity contribution in [2.45, 2.75) is 33.5 Å². The van der Waals surface area contributed by atoms with Gasteiger partial charge in [-0.25, -0.2) is 0 Å². The standard InChI is InChI=1S/C9H20SSi/c1-9(2)6-7-10-8-11(3,4)5/h6H,7-8H2,1-5H3. The fourth-order valence-electron chi connectivity index (χ4n) is 0.591. The smallest absolute Gasteiger partial charge is 0.0548 e. The minimum absolute atomic E-state index is 0.796. The van der Waals surface area contributed by atoms with Crippen LogP contribution in [0.25, 0.3) is 0 Å². The summed E-state index contributed by atoms with van der Waals surface area (Å²) in [4.78, 5) is 0. The molecule has 0 fully saturated rings. The monoisotopic (exact) mass is 188 g/mol. The van der Waals surface area contributed by atoms with Crippen LogP contribution in [-0.2, 0) is 0 Å². The highest BCUT2D eigenvalue weighted by atomic mass is 32.2. The Labute approximate surface area is 76.5 Å². The molecule has 0 atom stereocenters. The van der Waals surface area contributed by atoms with Crippen LogP contribution >= 0.6 is 11.8 Å². The van der Waals surface area contributed by atoms with E-state index in [0.717, 1.165) is 0 Å². The van der Waals surface area contributed by atoms with Crippen LogP contribution in [0.3, 0.4) is 0 Å². The summed E-state index contributed by atoms with van der Waals surface area (Å²) in [6.07, 6.45) is 2.31. The third kappa shape index (κ3) is 10.3. The molecule has 2 heteroatoms. The Morgan fingerprint density at radius 2 is 1.82 bits per heavy atom. The summed E-state index contributed by atoms with van der Waals surface area (Å²) >= 11 is 2.07. The summed E-state index contributed by atoms with van der Waals surface area (Å²) in [5.74, 6) is 1.20. The highest BCUT2D eigenvalue weighted by Crippen LogP contribution is 2.11. The van der Waals surface area contributed by atoms with Gasteiger partial charge in [-0.3, -0.25) is 0 Å². The molecule has 66 valence electrons. The van der Waals surface area contributed by atoms with Crippen molar-refractivity contribution in [3.8, 4) is 0 Å². The quantitative estimate of drug-likeness (QED) is 0.369. The molecule has 11 heavy (non-hydrogen) atoms. The van der Waals surface area contributed by atoms with Crippen LogP contribution in [0.5, 0.6) is 0 Å². The maximum absolute atomic E-state index is 2.42. The van der Waals surface area contributed by atoms with Crippen molar-refractivity contribution in [2.75, 3.05) is 11.1 Å². The van der Waals surface area contributed by atoms with Gasteiger partial charge in [0.1, 0.15) is 0 Å². The normalized spacial score (nSPS) is 11.4. The second kappa shape index (κ2) is 5.04. The zero-order valence-corrected chi connectivity index (χ0v) is 10.2. The largest absolute Gasteiger partial charge is 0.161 e. The van der Waals surface area contributed by atoms with Crippen LogP contribution < -0.4 is 0 Å². The lowest BCUT2D eigenvalue weighted by molar-refractivity contribution is 1.37. The molecule has 0 bridgehead atoms. The predicted octanol–water partition coefficient (Wildman–Crippen LogP) is 3.56. The molecule has 0 aromatic carbocycles. The number of hydrogen-bond acceptors (Lipinski definition) is 1. The van der Waals surface area contributed by atoms with Crippen LogP contribution in [-0.4, -0.2) is 19.2 Å². The first kappa shape index (κ1) is 11.3. The van der Waals surface area contributed by atoms with E-state index < -0.39 is 8.07 Å². The van der Waals surface area contributed by atoms with Crippen LogP contribution in [0.1, 0.15) is 13.8 Å². The molecule has 0 heterocycles. The molecule has 0 aliphatic heterocycles. The van der Waals surface area contributed by atoms with E-state index in [9.17, 15) is 0 Å². The van der Waals surface area contributed by atoms with Gasteiger partial charge in [-0.2, -0.15) is 11.8 Å². The lowest BCUT2D eigenvalue weighted by atomic mass is 10.3. The van der Waals surface area contributed by atoms with E-state index in [1.165, 1.54) is 16.7 Å². The molecule has 0 aliphatic rings. The van der Waals surface area contributed by atoms with Gasteiger partial charge in [-0.05, 0) is 19.2 Å². The van der Waals surface area contributed by atoms with Crippen molar-refractivity contribution >= 4 is 19.8 Å². The number of allylic oxidation sites excluding steroid dienone is 1. The van der Waals surface area contributed by atoms with Crippen LogP contribution in [0.15, 0.2) is 11.6 Å². The van der Waals surface area contributed by atoms with E-state index in [-0.39, 0.29) is 0 Å². The average molecular weight is 188 g/mol.